The molecule has 68 valence electrons. The molecule has 3 heteroatoms. The summed E-state index contributed by atoms with van der Waals surface area (Å²) in [6, 6.07) is 5.10. The lowest BCUT2D eigenvalue weighted by atomic mass is 10.1. The Hall–Kier alpha value is -1.77. The molecule has 0 aromatic heterocycles. The fraction of sp³-hybridized carbons (Fsp3) is 0.100. The molecular weight excluding hydrogens is 166 g/mol. The fourth-order valence-corrected chi connectivity index (χ4v) is 1.01. The van der Waals surface area contributed by atoms with Crippen molar-refractivity contribution in [1.82, 2.24) is 0 Å². The van der Waals surface area contributed by atoms with Crippen LogP contribution in [0.4, 0.5) is 5.69 Å². The molecule has 0 radical (unpaired) electrons. The molecule has 0 aliphatic rings. The van der Waals surface area contributed by atoms with Crippen molar-refractivity contribution in [3.05, 3.63) is 30.3 Å². The maximum absolute atomic E-state index is 9.18. The Kier molecular flexibility index (Phi) is 2.69. The molecular formula is C10H11NO2. The van der Waals surface area contributed by atoms with Crippen LogP contribution in [0.2, 0.25) is 0 Å². The normalized spacial score (nSPS) is 9.31. The summed E-state index contributed by atoms with van der Waals surface area (Å²) in [5, 5.41) is 9.18. The predicted molar refractivity (Wildman–Crippen MR) is 53.9 cm³/mol. The van der Waals surface area contributed by atoms with E-state index in [0.717, 1.165) is 0 Å². The number of benzene rings is 1. The van der Waals surface area contributed by atoms with Gasteiger partial charge in [-0.25, -0.2) is 0 Å². The smallest absolute Gasteiger partial charge is 0.121 e. The summed E-state index contributed by atoms with van der Waals surface area (Å²) in [5.41, 5.74) is 1.13. The third-order valence-corrected chi connectivity index (χ3v) is 1.69. The molecule has 0 atom stereocenters. The van der Waals surface area contributed by atoms with Crippen LogP contribution in [-0.4, -0.2) is 18.9 Å². The molecule has 3 nitrogen and oxygen atoms in total. The molecule has 0 unspecified atom stereocenters. The molecule has 0 amide bonds. The number of nitrogens with zero attached hydrogens (tertiary/aromatic N) is 1. The highest BCUT2D eigenvalue weighted by Crippen LogP contribution is 2.28. The summed E-state index contributed by atoms with van der Waals surface area (Å²) in [7, 11) is 1.57. The monoisotopic (exact) mass is 177 g/mol. The summed E-state index contributed by atoms with van der Waals surface area (Å²) in [6.07, 6.45) is 0. The van der Waals surface area contributed by atoms with Crippen LogP contribution < -0.4 is 4.74 Å². The second kappa shape index (κ2) is 3.76. The van der Waals surface area contributed by atoms with Crippen molar-refractivity contribution in [2.24, 2.45) is 4.99 Å². The van der Waals surface area contributed by atoms with Gasteiger partial charge in [0.1, 0.15) is 11.5 Å². The Balaban J connectivity index is 3.23. The van der Waals surface area contributed by atoms with E-state index < -0.39 is 0 Å². The number of methoxy groups -OCH3 is 1. The fourth-order valence-electron chi connectivity index (χ4n) is 1.01. The van der Waals surface area contributed by atoms with Crippen molar-refractivity contribution in [1.29, 1.82) is 0 Å². The van der Waals surface area contributed by atoms with Crippen molar-refractivity contribution in [3.8, 4) is 5.75 Å². The van der Waals surface area contributed by atoms with Crippen LogP contribution >= 0.6 is 0 Å². The van der Waals surface area contributed by atoms with E-state index in [9.17, 15) is 5.11 Å². The predicted octanol–water partition coefficient (Wildman–Crippen LogP) is 2.56. The Labute approximate surface area is 77.0 Å². The van der Waals surface area contributed by atoms with Crippen LogP contribution in [-0.2, 0) is 0 Å². The maximum Gasteiger partial charge on any atom is 0.121 e. The number of ether oxygens (including phenoxy) is 1. The number of rotatable bonds is 3. The largest absolute Gasteiger partial charge is 0.508 e. The lowest BCUT2D eigenvalue weighted by Crippen LogP contribution is -1.86. The van der Waals surface area contributed by atoms with Crippen LogP contribution in [0.1, 0.15) is 5.56 Å². The molecule has 0 bridgehead atoms. The number of aliphatic hydroxyl groups is 1. The van der Waals surface area contributed by atoms with Gasteiger partial charge in [0.2, 0.25) is 0 Å². The first kappa shape index (κ1) is 9.32. The molecule has 0 saturated heterocycles. The first-order valence-electron chi connectivity index (χ1n) is 3.72. The molecule has 0 spiro atoms. The van der Waals surface area contributed by atoms with Crippen LogP contribution in [0, 0.1) is 0 Å². The molecule has 13 heavy (non-hydrogen) atoms. The minimum atomic E-state index is -0.0231. The third-order valence-electron chi connectivity index (χ3n) is 1.69. The molecule has 1 aromatic carbocycles. The summed E-state index contributed by atoms with van der Waals surface area (Å²) in [6.45, 7) is 6.81. The lowest BCUT2D eigenvalue weighted by molar-refractivity contribution is 0.415. The standard InChI is InChI=1S/C10H11NO2/c1-7(12)9-5-4-8(13-3)6-10(9)11-2/h4-6,12H,1-2H2,3H3. The van der Waals surface area contributed by atoms with Gasteiger partial charge in [-0.05, 0) is 18.9 Å². The summed E-state index contributed by atoms with van der Waals surface area (Å²) >= 11 is 0. The molecule has 0 aliphatic heterocycles. The van der Waals surface area contributed by atoms with Crippen molar-refractivity contribution < 1.29 is 9.84 Å². The highest BCUT2D eigenvalue weighted by Gasteiger charge is 2.04. The van der Waals surface area contributed by atoms with Crippen molar-refractivity contribution >= 4 is 18.2 Å². The van der Waals surface area contributed by atoms with Gasteiger partial charge in [0.15, 0.2) is 0 Å². The van der Waals surface area contributed by atoms with Crippen LogP contribution in [0.15, 0.2) is 29.8 Å². The number of aliphatic hydroxyl groups excluding tert-OH is 1. The minimum Gasteiger partial charge on any atom is -0.508 e. The molecule has 1 rings (SSSR count). The SMILES string of the molecule is C=Nc1cc(OC)ccc1C(=C)O. The maximum atomic E-state index is 9.18. The number of hydrogen-bond acceptors (Lipinski definition) is 3. The van der Waals surface area contributed by atoms with Gasteiger partial charge >= 0.3 is 0 Å². The van der Waals surface area contributed by atoms with Crippen molar-refractivity contribution in [2.45, 2.75) is 0 Å². The highest BCUT2D eigenvalue weighted by molar-refractivity contribution is 5.71. The van der Waals surface area contributed by atoms with Gasteiger partial charge < -0.3 is 9.84 Å². The van der Waals surface area contributed by atoms with Gasteiger partial charge in [-0.3, -0.25) is 4.99 Å². The Morgan fingerprint density at radius 2 is 2.23 bits per heavy atom. The van der Waals surface area contributed by atoms with Gasteiger partial charge in [-0.15, -0.1) is 0 Å². The van der Waals surface area contributed by atoms with Crippen LogP contribution in [0.3, 0.4) is 0 Å². The van der Waals surface area contributed by atoms with E-state index in [4.69, 9.17) is 4.74 Å². The summed E-state index contributed by atoms with van der Waals surface area (Å²) in [5.74, 6) is 0.650. The molecule has 1 N–H and O–H groups in total. The average Bonchev–Trinajstić information content (AvgIpc) is 2.16. The topological polar surface area (TPSA) is 41.8 Å². The van der Waals surface area contributed by atoms with Crippen molar-refractivity contribution in [2.75, 3.05) is 7.11 Å². The number of aliphatic imine (C=N–C) groups is 1. The zero-order chi connectivity index (χ0) is 9.84. The van der Waals surface area contributed by atoms with Gasteiger partial charge in [0.25, 0.3) is 0 Å². The van der Waals surface area contributed by atoms with E-state index in [0.29, 0.717) is 17.0 Å². The number of hydrogen-bond donors (Lipinski definition) is 1. The zero-order valence-electron chi connectivity index (χ0n) is 7.45. The van der Waals surface area contributed by atoms with E-state index in [1.54, 1.807) is 25.3 Å². The lowest BCUT2D eigenvalue weighted by Gasteiger charge is -2.05. The second-order valence-corrected chi connectivity index (χ2v) is 2.49. The minimum absolute atomic E-state index is 0.0231. The van der Waals surface area contributed by atoms with Crippen LogP contribution in [0.25, 0.3) is 5.76 Å². The first-order valence-corrected chi connectivity index (χ1v) is 3.72. The quantitative estimate of drug-likeness (QED) is 0.569. The van der Waals surface area contributed by atoms with E-state index in [2.05, 4.69) is 18.3 Å². The third kappa shape index (κ3) is 1.87. The molecule has 0 heterocycles. The molecule has 0 aliphatic carbocycles. The van der Waals surface area contributed by atoms with E-state index in [1.807, 2.05) is 0 Å². The average molecular weight is 177 g/mol. The van der Waals surface area contributed by atoms with Gasteiger partial charge in [0.05, 0.1) is 12.8 Å². The summed E-state index contributed by atoms with van der Waals surface area (Å²) < 4.78 is 4.99. The second-order valence-electron chi connectivity index (χ2n) is 2.49. The van der Waals surface area contributed by atoms with Crippen LogP contribution in [0.5, 0.6) is 5.75 Å². The van der Waals surface area contributed by atoms with E-state index in [-0.39, 0.29) is 5.76 Å². The van der Waals surface area contributed by atoms with Gasteiger partial charge in [-0.2, -0.15) is 0 Å². The summed E-state index contributed by atoms with van der Waals surface area (Å²) in [4.78, 5) is 3.75. The van der Waals surface area contributed by atoms with Crippen molar-refractivity contribution in [3.63, 3.8) is 0 Å². The van der Waals surface area contributed by atoms with E-state index >= 15 is 0 Å². The zero-order valence-corrected chi connectivity index (χ0v) is 7.45. The Morgan fingerprint density at radius 3 is 2.69 bits per heavy atom. The Bertz CT molecular complexity index is 345. The van der Waals surface area contributed by atoms with Gasteiger partial charge in [0, 0.05) is 11.6 Å². The van der Waals surface area contributed by atoms with E-state index in [1.165, 1.54) is 0 Å². The van der Waals surface area contributed by atoms with Gasteiger partial charge in [-0.1, -0.05) is 6.58 Å². The first-order chi connectivity index (χ1) is 6.19. The highest BCUT2D eigenvalue weighted by atomic mass is 16.5. The Morgan fingerprint density at radius 1 is 1.54 bits per heavy atom. The molecule has 0 fully saturated rings. The molecule has 0 saturated carbocycles. The molecule has 1 aromatic rings.